The fourth-order valence-electron chi connectivity index (χ4n) is 4.23. The van der Waals surface area contributed by atoms with E-state index in [0.29, 0.717) is 17.9 Å². The van der Waals surface area contributed by atoms with Crippen LogP contribution in [0.15, 0.2) is 30.3 Å². The molecule has 2 nitrogen and oxygen atoms in total. The van der Waals surface area contributed by atoms with Crippen LogP contribution in [0, 0.1) is 5.92 Å². The predicted molar refractivity (Wildman–Crippen MR) is 89.4 cm³/mol. The minimum Gasteiger partial charge on any atom is -0.326 e. The summed E-state index contributed by atoms with van der Waals surface area (Å²) >= 11 is 0. The Hall–Kier alpha value is -0.860. The highest BCUT2D eigenvalue weighted by atomic mass is 15.2. The van der Waals surface area contributed by atoms with Gasteiger partial charge in [0, 0.05) is 11.6 Å². The number of likely N-dealkylation sites (tertiary alicyclic amines) is 1. The molecular formula is C19H30N2. The van der Waals surface area contributed by atoms with Crippen LogP contribution in [0.3, 0.4) is 0 Å². The molecule has 1 saturated heterocycles. The van der Waals surface area contributed by atoms with Gasteiger partial charge in [0.2, 0.25) is 0 Å². The number of piperidine rings is 1. The molecule has 1 heterocycles. The molecule has 1 aromatic carbocycles. The van der Waals surface area contributed by atoms with Gasteiger partial charge in [-0.05, 0) is 63.1 Å². The molecule has 0 amide bonds. The zero-order chi connectivity index (χ0) is 14.9. The molecule has 0 radical (unpaired) electrons. The van der Waals surface area contributed by atoms with Gasteiger partial charge < -0.3 is 5.73 Å². The van der Waals surface area contributed by atoms with Crippen molar-refractivity contribution in [2.24, 2.45) is 11.7 Å². The smallest absolute Gasteiger partial charge is 0.0332 e. The first-order chi connectivity index (χ1) is 10.2. The van der Waals surface area contributed by atoms with E-state index in [9.17, 15) is 0 Å². The largest absolute Gasteiger partial charge is 0.326 e. The van der Waals surface area contributed by atoms with Gasteiger partial charge in [-0.2, -0.15) is 0 Å². The van der Waals surface area contributed by atoms with Crippen molar-refractivity contribution >= 4 is 0 Å². The molecule has 4 unspecified atom stereocenters. The van der Waals surface area contributed by atoms with Crippen LogP contribution in [0.25, 0.3) is 0 Å². The van der Waals surface area contributed by atoms with Crippen molar-refractivity contribution in [2.75, 3.05) is 13.1 Å². The topological polar surface area (TPSA) is 29.3 Å². The number of nitrogens with two attached hydrogens (primary N) is 1. The van der Waals surface area contributed by atoms with Crippen LogP contribution in [0.4, 0.5) is 0 Å². The Morgan fingerprint density at radius 3 is 2.48 bits per heavy atom. The fraction of sp³-hybridized carbons (Fsp3) is 0.684. The summed E-state index contributed by atoms with van der Waals surface area (Å²) in [6.45, 7) is 7.19. The highest BCUT2D eigenvalue weighted by Crippen LogP contribution is 2.52. The summed E-state index contributed by atoms with van der Waals surface area (Å²) in [6.07, 6.45) is 6.51. The van der Waals surface area contributed by atoms with Crippen molar-refractivity contribution in [1.29, 1.82) is 0 Å². The minimum atomic E-state index is 0.175. The van der Waals surface area contributed by atoms with Crippen molar-refractivity contribution < 1.29 is 0 Å². The average Bonchev–Trinajstić information content (AvgIpc) is 3.35. The maximum atomic E-state index is 6.78. The second-order valence-electron chi connectivity index (χ2n) is 7.20. The first-order valence-corrected chi connectivity index (χ1v) is 8.72. The monoisotopic (exact) mass is 286 g/mol. The molecule has 1 aromatic rings. The molecule has 21 heavy (non-hydrogen) atoms. The predicted octanol–water partition coefficient (Wildman–Crippen LogP) is 3.77. The molecule has 0 bridgehead atoms. The maximum Gasteiger partial charge on any atom is 0.0332 e. The summed E-state index contributed by atoms with van der Waals surface area (Å²) in [5.41, 5.74) is 8.44. The van der Waals surface area contributed by atoms with Gasteiger partial charge in [-0.15, -0.1) is 0 Å². The summed E-state index contributed by atoms with van der Waals surface area (Å²) in [4.78, 5) is 2.68. The first-order valence-electron chi connectivity index (χ1n) is 8.72. The van der Waals surface area contributed by atoms with Crippen LogP contribution in [-0.2, 0) is 0 Å². The molecule has 0 spiro atoms. The Labute approximate surface area is 129 Å². The number of nitrogens with zero attached hydrogens (tertiary/aromatic N) is 1. The van der Waals surface area contributed by atoms with Gasteiger partial charge in [-0.25, -0.2) is 0 Å². The van der Waals surface area contributed by atoms with E-state index in [2.05, 4.69) is 49.1 Å². The van der Waals surface area contributed by atoms with Crippen molar-refractivity contribution in [1.82, 2.24) is 4.90 Å². The Bertz CT molecular complexity index is 452. The lowest BCUT2D eigenvalue weighted by molar-refractivity contribution is 0.0478. The lowest BCUT2D eigenvalue weighted by atomic mass is 9.82. The highest BCUT2D eigenvalue weighted by molar-refractivity contribution is 5.27. The third-order valence-electron chi connectivity index (χ3n) is 6.04. The van der Waals surface area contributed by atoms with Crippen molar-refractivity contribution in [3.63, 3.8) is 0 Å². The quantitative estimate of drug-likeness (QED) is 0.892. The van der Waals surface area contributed by atoms with Crippen LogP contribution in [0.5, 0.6) is 0 Å². The van der Waals surface area contributed by atoms with Gasteiger partial charge >= 0.3 is 0 Å². The van der Waals surface area contributed by atoms with E-state index < -0.39 is 0 Å². The van der Waals surface area contributed by atoms with Gasteiger partial charge in [0.25, 0.3) is 0 Å². The number of hydrogen-bond acceptors (Lipinski definition) is 2. The molecule has 2 aliphatic rings. The lowest BCUT2D eigenvalue weighted by Crippen LogP contribution is -2.60. The van der Waals surface area contributed by atoms with E-state index >= 15 is 0 Å². The second kappa shape index (κ2) is 6.10. The van der Waals surface area contributed by atoms with Crippen LogP contribution in [0.2, 0.25) is 0 Å². The maximum absolute atomic E-state index is 6.78. The molecule has 2 heteroatoms. The van der Waals surface area contributed by atoms with Crippen molar-refractivity contribution in [2.45, 2.75) is 63.5 Å². The molecule has 2 fully saturated rings. The molecule has 1 saturated carbocycles. The Morgan fingerprint density at radius 1 is 1.19 bits per heavy atom. The lowest BCUT2D eigenvalue weighted by Gasteiger charge is -2.47. The van der Waals surface area contributed by atoms with E-state index in [4.69, 9.17) is 5.73 Å². The second-order valence-corrected chi connectivity index (χ2v) is 7.20. The third kappa shape index (κ3) is 2.89. The molecule has 4 atom stereocenters. The van der Waals surface area contributed by atoms with Crippen LogP contribution in [-0.4, -0.2) is 29.6 Å². The zero-order valence-electron chi connectivity index (χ0n) is 13.6. The highest BCUT2D eigenvalue weighted by Gasteiger charge is 2.50. The number of rotatable bonds is 5. The van der Waals surface area contributed by atoms with E-state index in [-0.39, 0.29) is 5.54 Å². The first kappa shape index (κ1) is 15.1. The average molecular weight is 286 g/mol. The summed E-state index contributed by atoms with van der Waals surface area (Å²) < 4.78 is 0. The number of benzene rings is 1. The molecule has 2 N–H and O–H groups in total. The minimum absolute atomic E-state index is 0.175. The summed E-state index contributed by atoms with van der Waals surface area (Å²) in [5.74, 6) is 1.36. The van der Waals surface area contributed by atoms with Gasteiger partial charge in [-0.1, -0.05) is 43.7 Å². The van der Waals surface area contributed by atoms with E-state index in [1.54, 1.807) is 0 Å². The van der Waals surface area contributed by atoms with E-state index in [0.717, 1.165) is 6.42 Å². The summed E-state index contributed by atoms with van der Waals surface area (Å²) in [7, 11) is 0. The van der Waals surface area contributed by atoms with Gasteiger partial charge in [0.05, 0.1) is 0 Å². The van der Waals surface area contributed by atoms with Crippen LogP contribution in [0.1, 0.15) is 57.4 Å². The Morgan fingerprint density at radius 2 is 1.86 bits per heavy atom. The fourth-order valence-corrected chi connectivity index (χ4v) is 4.23. The van der Waals surface area contributed by atoms with E-state index in [1.165, 1.54) is 44.3 Å². The van der Waals surface area contributed by atoms with Gasteiger partial charge in [-0.3, -0.25) is 4.90 Å². The van der Waals surface area contributed by atoms with E-state index in [1.807, 2.05) is 0 Å². The molecule has 116 valence electrons. The van der Waals surface area contributed by atoms with Gasteiger partial charge in [0.1, 0.15) is 0 Å². The van der Waals surface area contributed by atoms with Crippen molar-refractivity contribution in [3.8, 4) is 0 Å². The normalized spacial score (nSPS) is 30.6. The van der Waals surface area contributed by atoms with Gasteiger partial charge in [0.15, 0.2) is 0 Å². The summed E-state index contributed by atoms with van der Waals surface area (Å²) in [5, 5.41) is 0. The molecular weight excluding hydrogens is 256 g/mol. The SMILES string of the molecule is CCC(C)(C(N)C1CC1c1ccccc1)N1CCCCC1. The Kier molecular flexibility index (Phi) is 4.37. The molecule has 1 aliphatic heterocycles. The van der Waals surface area contributed by atoms with Crippen LogP contribution >= 0.6 is 0 Å². The standard InChI is InChI=1S/C19H30N2/c1-3-19(2,21-12-8-5-9-13-21)18(20)17-14-16(17)15-10-6-4-7-11-15/h4,6-7,10-11,16-18H,3,5,8-9,12-14,20H2,1-2H3. The number of hydrogen-bond donors (Lipinski definition) is 1. The Balaban J connectivity index is 1.70. The molecule has 1 aliphatic carbocycles. The summed E-state index contributed by atoms with van der Waals surface area (Å²) in [6, 6.07) is 11.2. The van der Waals surface area contributed by atoms with Crippen molar-refractivity contribution in [3.05, 3.63) is 35.9 Å². The zero-order valence-corrected chi connectivity index (χ0v) is 13.6. The molecule has 0 aromatic heterocycles. The van der Waals surface area contributed by atoms with Crippen LogP contribution < -0.4 is 5.73 Å². The third-order valence-corrected chi connectivity index (χ3v) is 6.04. The molecule has 3 rings (SSSR count).